The number of aromatic nitrogens is 1. The van der Waals surface area contributed by atoms with Crippen LogP contribution in [0.3, 0.4) is 0 Å². The van der Waals surface area contributed by atoms with E-state index in [2.05, 4.69) is 67.4 Å². The highest BCUT2D eigenvalue weighted by Gasteiger charge is 2.10. The summed E-state index contributed by atoms with van der Waals surface area (Å²) in [5.41, 5.74) is 10.4. The fraction of sp³-hybridized carbons (Fsp3) is 0.326. The Hall–Kier alpha value is -5.03. The second kappa shape index (κ2) is 21.5. The van der Waals surface area contributed by atoms with E-state index in [-0.39, 0.29) is 0 Å². The number of aliphatic imine (C=N–C) groups is 1. The number of carbonyl (C=O) groups excluding carboxylic acids is 1. The summed E-state index contributed by atoms with van der Waals surface area (Å²) in [5.74, 6) is 1.69. The SMILES string of the molecule is COc1ccc(COCCN(C)C=Nc2cc(C)c(Cc3nc(-c4ccc(C)cc4)cs3)cc2C)cc1.COc1ccc(COCCN(C)C=O)cc1. The summed E-state index contributed by atoms with van der Waals surface area (Å²) in [7, 11) is 7.06. The van der Waals surface area contributed by atoms with Crippen LogP contribution in [0.15, 0.2) is 95.3 Å². The molecule has 0 saturated carbocycles. The normalized spacial score (nSPS) is 10.8. The van der Waals surface area contributed by atoms with Crippen molar-refractivity contribution >= 4 is 29.8 Å². The molecule has 0 aliphatic carbocycles. The van der Waals surface area contributed by atoms with E-state index in [9.17, 15) is 4.79 Å². The van der Waals surface area contributed by atoms with E-state index in [4.69, 9.17) is 28.9 Å². The van der Waals surface area contributed by atoms with Gasteiger partial charge in [-0.25, -0.2) is 9.98 Å². The fourth-order valence-electron chi connectivity index (χ4n) is 5.11. The molecule has 5 rings (SSSR count). The van der Waals surface area contributed by atoms with Crippen LogP contribution >= 0.6 is 11.3 Å². The highest BCUT2D eigenvalue weighted by Crippen LogP contribution is 2.28. The minimum Gasteiger partial charge on any atom is -0.497 e. The quantitative estimate of drug-likeness (QED) is 0.0387. The Bertz CT molecular complexity index is 1860. The van der Waals surface area contributed by atoms with Gasteiger partial charge in [-0.15, -0.1) is 11.3 Å². The number of aryl methyl sites for hydroxylation is 3. The Morgan fingerprint density at radius 3 is 1.85 bits per heavy atom. The number of methoxy groups -OCH3 is 2. The second-order valence-corrected chi connectivity index (χ2v) is 13.8. The van der Waals surface area contributed by atoms with E-state index in [1.807, 2.05) is 61.9 Å². The smallest absolute Gasteiger partial charge is 0.209 e. The monoisotopic (exact) mass is 736 g/mol. The minimum atomic E-state index is 0.543. The maximum atomic E-state index is 10.3. The van der Waals surface area contributed by atoms with Crippen LogP contribution in [0.4, 0.5) is 5.69 Å². The summed E-state index contributed by atoms with van der Waals surface area (Å²) in [6.07, 6.45) is 3.50. The van der Waals surface area contributed by atoms with E-state index in [1.54, 1.807) is 37.5 Å². The third kappa shape index (κ3) is 13.8. The van der Waals surface area contributed by atoms with Crippen LogP contribution in [-0.4, -0.2) is 82.2 Å². The summed E-state index contributed by atoms with van der Waals surface area (Å²) >= 11 is 1.72. The summed E-state index contributed by atoms with van der Waals surface area (Å²) in [4.78, 5) is 23.5. The van der Waals surface area contributed by atoms with Gasteiger partial charge >= 0.3 is 0 Å². The molecule has 280 valence electrons. The Morgan fingerprint density at radius 1 is 0.736 bits per heavy atom. The predicted octanol–water partition coefficient (Wildman–Crippen LogP) is 8.44. The van der Waals surface area contributed by atoms with Crippen molar-refractivity contribution in [3.8, 4) is 22.8 Å². The van der Waals surface area contributed by atoms with Gasteiger partial charge in [0.2, 0.25) is 6.41 Å². The molecule has 0 N–H and O–H groups in total. The summed E-state index contributed by atoms with van der Waals surface area (Å²) in [5, 5.41) is 3.28. The van der Waals surface area contributed by atoms with Gasteiger partial charge in [0.25, 0.3) is 0 Å². The zero-order valence-corrected chi connectivity index (χ0v) is 32.8. The topological polar surface area (TPSA) is 85.7 Å². The molecule has 4 aromatic carbocycles. The molecule has 10 heteroatoms. The summed E-state index contributed by atoms with van der Waals surface area (Å²) < 4.78 is 21.5. The lowest BCUT2D eigenvalue weighted by Gasteiger charge is -2.14. The van der Waals surface area contributed by atoms with Crippen molar-refractivity contribution in [3.63, 3.8) is 0 Å². The fourth-order valence-corrected chi connectivity index (χ4v) is 5.94. The van der Waals surface area contributed by atoms with Gasteiger partial charge in [-0.05, 0) is 78.9 Å². The molecule has 1 heterocycles. The number of ether oxygens (including phenoxy) is 4. The third-order valence-corrected chi connectivity index (χ3v) is 9.35. The van der Waals surface area contributed by atoms with Gasteiger partial charge in [-0.2, -0.15) is 0 Å². The third-order valence-electron chi connectivity index (χ3n) is 8.50. The van der Waals surface area contributed by atoms with Crippen LogP contribution < -0.4 is 9.47 Å². The van der Waals surface area contributed by atoms with Gasteiger partial charge in [0.15, 0.2) is 0 Å². The molecule has 1 amide bonds. The van der Waals surface area contributed by atoms with Crippen LogP contribution in [0.5, 0.6) is 11.5 Å². The van der Waals surface area contributed by atoms with Gasteiger partial charge in [0.1, 0.15) is 11.5 Å². The molecule has 0 aliphatic rings. The Labute approximate surface area is 318 Å². The number of likely N-dealkylation sites (N-methyl/N-ethyl adjacent to an activating group) is 2. The van der Waals surface area contributed by atoms with Crippen LogP contribution in [0.25, 0.3) is 11.3 Å². The molecule has 1 aromatic heterocycles. The molecule has 0 unspecified atom stereocenters. The van der Waals surface area contributed by atoms with E-state index >= 15 is 0 Å². The molecule has 5 aromatic rings. The van der Waals surface area contributed by atoms with Crippen molar-refractivity contribution < 1.29 is 23.7 Å². The number of thiazole rings is 1. The van der Waals surface area contributed by atoms with Crippen molar-refractivity contribution in [3.05, 3.63) is 129 Å². The Morgan fingerprint density at radius 2 is 1.30 bits per heavy atom. The molecule has 0 fully saturated rings. The number of benzene rings is 4. The van der Waals surface area contributed by atoms with Crippen molar-refractivity contribution in [1.29, 1.82) is 0 Å². The average Bonchev–Trinajstić information content (AvgIpc) is 3.65. The van der Waals surface area contributed by atoms with Gasteiger partial charge in [-0.3, -0.25) is 4.79 Å². The van der Waals surface area contributed by atoms with Gasteiger partial charge < -0.3 is 28.7 Å². The van der Waals surface area contributed by atoms with Gasteiger partial charge in [0, 0.05) is 44.5 Å². The van der Waals surface area contributed by atoms with Crippen molar-refractivity contribution in [1.82, 2.24) is 14.8 Å². The zero-order valence-electron chi connectivity index (χ0n) is 32.0. The molecule has 0 spiro atoms. The summed E-state index contributed by atoms with van der Waals surface area (Å²) in [6.45, 7) is 10.1. The molecule has 9 nitrogen and oxygen atoms in total. The summed E-state index contributed by atoms with van der Waals surface area (Å²) in [6, 6.07) is 28.6. The molecule has 0 bridgehead atoms. The maximum absolute atomic E-state index is 10.3. The number of carbonyl (C=O) groups is 1. The Balaban J connectivity index is 0.000000328. The lowest BCUT2D eigenvalue weighted by Crippen LogP contribution is -2.21. The number of rotatable bonds is 18. The molecule has 0 radical (unpaired) electrons. The minimum absolute atomic E-state index is 0.543. The van der Waals surface area contributed by atoms with E-state index in [0.717, 1.165) is 64.0 Å². The first-order valence-electron chi connectivity index (χ1n) is 17.6. The standard InChI is InChI=1S/C31H35N3O2S.C12H17NO3/c1-22-6-10-26(11-7-22)30-20-37-31(33-30)18-27-16-24(3)29(17-23(27)2)32-21-34(4)14-15-36-19-25-8-12-28(35-5)13-9-25;1-13(10-14)7-8-16-9-11-3-5-12(15-2)6-4-11/h6-13,16-17,20-21H,14-15,18-19H2,1-5H3;3-6,10H,7-9H2,1-2H3. The number of nitrogens with zero attached hydrogens (tertiary/aromatic N) is 4. The molecule has 53 heavy (non-hydrogen) atoms. The highest BCUT2D eigenvalue weighted by atomic mass is 32.1. The Kier molecular flexibility index (Phi) is 16.5. The van der Waals surface area contributed by atoms with Crippen molar-refractivity contribution in [2.75, 3.05) is 54.6 Å². The van der Waals surface area contributed by atoms with Crippen molar-refractivity contribution in [2.45, 2.75) is 40.4 Å². The lowest BCUT2D eigenvalue weighted by molar-refractivity contribution is -0.117. The molecule has 0 saturated heterocycles. The molecular weight excluding hydrogens is 685 g/mol. The van der Waals surface area contributed by atoms with Crippen LogP contribution in [0, 0.1) is 20.8 Å². The largest absolute Gasteiger partial charge is 0.497 e. The molecule has 0 atom stereocenters. The zero-order chi connectivity index (χ0) is 38.0. The first-order valence-corrected chi connectivity index (χ1v) is 18.5. The van der Waals surface area contributed by atoms with E-state index < -0.39 is 0 Å². The average molecular weight is 737 g/mol. The first-order chi connectivity index (χ1) is 25.7. The van der Waals surface area contributed by atoms with Gasteiger partial charge in [0.05, 0.1) is 63.4 Å². The number of hydrogen-bond donors (Lipinski definition) is 0. The molecule has 0 aliphatic heterocycles. The van der Waals surface area contributed by atoms with Crippen LogP contribution in [-0.2, 0) is 33.9 Å². The highest BCUT2D eigenvalue weighted by molar-refractivity contribution is 7.10. The number of amides is 1. The van der Waals surface area contributed by atoms with E-state index in [1.165, 1.54) is 22.3 Å². The van der Waals surface area contributed by atoms with Crippen molar-refractivity contribution in [2.24, 2.45) is 4.99 Å². The molecular formula is C43H52N4O5S. The predicted molar refractivity (Wildman–Crippen MR) is 216 cm³/mol. The van der Waals surface area contributed by atoms with E-state index in [0.29, 0.717) is 33.0 Å². The van der Waals surface area contributed by atoms with Crippen LogP contribution in [0.1, 0.15) is 38.4 Å². The van der Waals surface area contributed by atoms with Gasteiger partial charge in [-0.1, -0.05) is 60.2 Å². The lowest BCUT2D eigenvalue weighted by atomic mass is 10.0. The number of hydrogen-bond acceptors (Lipinski definition) is 8. The van der Waals surface area contributed by atoms with Crippen LogP contribution in [0.2, 0.25) is 0 Å². The maximum Gasteiger partial charge on any atom is 0.209 e. The second-order valence-electron chi connectivity index (χ2n) is 12.8. The first kappa shape index (κ1) is 40.7.